The number of aliphatic hydroxyl groups is 2. The lowest BCUT2D eigenvalue weighted by Gasteiger charge is -2.19. The zero-order valence-corrected chi connectivity index (χ0v) is 18.7. The lowest BCUT2D eigenvalue weighted by molar-refractivity contribution is -0.139. The van der Waals surface area contributed by atoms with Gasteiger partial charge in [0.15, 0.2) is 0 Å². The van der Waals surface area contributed by atoms with Crippen LogP contribution in [-0.4, -0.2) is 41.6 Å². The molecule has 0 radical (unpaired) electrons. The maximum atomic E-state index is 11.9. The molecule has 31 heavy (non-hydrogen) atoms. The number of fused-ring (bicyclic) bond motifs is 1. The molecule has 2 fully saturated rings. The van der Waals surface area contributed by atoms with Crippen LogP contribution in [0.1, 0.15) is 58.3 Å². The second kappa shape index (κ2) is 12.4. The number of carbonyl (C=O) groups is 1. The minimum atomic E-state index is -0.404. The van der Waals surface area contributed by atoms with E-state index in [-0.39, 0.29) is 24.6 Å². The van der Waals surface area contributed by atoms with Crippen molar-refractivity contribution in [2.45, 2.75) is 70.5 Å². The summed E-state index contributed by atoms with van der Waals surface area (Å²) in [5.74, 6) is 1.92. The second-order valence-corrected chi connectivity index (χ2v) is 9.22. The van der Waals surface area contributed by atoms with Crippen LogP contribution in [0.3, 0.4) is 0 Å². The molecule has 2 aliphatic carbocycles. The van der Waals surface area contributed by atoms with Gasteiger partial charge in [-0.3, -0.25) is 0 Å². The fourth-order valence-electron chi connectivity index (χ4n) is 5.29. The lowest BCUT2D eigenvalue weighted by Crippen LogP contribution is -2.19. The minimum Gasteiger partial charge on any atom is -0.425 e. The van der Waals surface area contributed by atoms with Gasteiger partial charge in [0, 0.05) is 12.5 Å². The van der Waals surface area contributed by atoms with Crippen molar-refractivity contribution in [3.8, 4) is 5.75 Å². The number of rotatable bonds is 12. The van der Waals surface area contributed by atoms with E-state index in [9.17, 15) is 15.0 Å². The number of esters is 1. The van der Waals surface area contributed by atoms with Gasteiger partial charge in [0.1, 0.15) is 12.4 Å². The van der Waals surface area contributed by atoms with E-state index in [4.69, 9.17) is 9.47 Å². The smallest absolute Gasteiger partial charge is 0.337 e. The maximum absolute atomic E-state index is 11.9. The van der Waals surface area contributed by atoms with Crippen molar-refractivity contribution in [1.82, 2.24) is 0 Å². The van der Waals surface area contributed by atoms with Crippen LogP contribution in [0.4, 0.5) is 0 Å². The Balaban J connectivity index is 1.35. The summed E-state index contributed by atoms with van der Waals surface area (Å²) in [7, 11) is 0. The first-order chi connectivity index (χ1) is 15.1. The van der Waals surface area contributed by atoms with Crippen molar-refractivity contribution in [3.63, 3.8) is 0 Å². The summed E-state index contributed by atoms with van der Waals surface area (Å²) in [6.07, 6.45) is 11.4. The van der Waals surface area contributed by atoms with Crippen molar-refractivity contribution in [3.05, 3.63) is 42.5 Å². The molecule has 5 heteroatoms. The van der Waals surface area contributed by atoms with Gasteiger partial charge in [0.2, 0.25) is 0 Å². The van der Waals surface area contributed by atoms with Crippen molar-refractivity contribution < 1.29 is 24.5 Å². The Labute approximate surface area is 186 Å². The third-order valence-corrected chi connectivity index (χ3v) is 6.85. The van der Waals surface area contributed by atoms with Gasteiger partial charge in [-0.1, -0.05) is 56.5 Å². The Hall–Kier alpha value is -1.69. The van der Waals surface area contributed by atoms with Gasteiger partial charge >= 0.3 is 5.97 Å². The molecule has 0 bridgehead atoms. The molecule has 1 aromatic rings. The van der Waals surface area contributed by atoms with Gasteiger partial charge in [-0.25, -0.2) is 4.79 Å². The largest absolute Gasteiger partial charge is 0.425 e. The highest BCUT2D eigenvalue weighted by molar-refractivity contribution is 5.73. The predicted octanol–water partition coefficient (Wildman–Crippen LogP) is 4.52. The van der Waals surface area contributed by atoms with E-state index >= 15 is 0 Å². The number of benzene rings is 1. The van der Waals surface area contributed by atoms with Gasteiger partial charge in [0.25, 0.3) is 0 Å². The van der Waals surface area contributed by atoms with Crippen LogP contribution in [-0.2, 0) is 9.53 Å². The minimum absolute atomic E-state index is 0.0333. The quantitative estimate of drug-likeness (QED) is 0.221. The highest BCUT2D eigenvalue weighted by Crippen LogP contribution is 2.51. The molecule has 0 aliphatic heterocycles. The number of aliphatic hydroxyl groups excluding tert-OH is 2. The number of ether oxygens (including phenoxy) is 2. The van der Waals surface area contributed by atoms with E-state index in [0.29, 0.717) is 30.1 Å². The van der Waals surface area contributed by atoms with Gasteiger partial charge in [-0.15, -0.1) is 0 Å². The van der Waals surface area contributed by atoms with Crippen LogP contribution in [0.5, 0.6) is 5.75 Å². The summed E-state index contributed by atoms with van der Waals surface area (Å²) in [5.41, 5.74) is 0. The average Bonchev–Trinajstić information content (AvgIpc) is 3.27. The number of hydrogen-bond acceptors (Lipinski definition) is 5. The average molecular weight is 431 g/mol. The molecule has 172 valence electrons. The molecule has 0 amide bonds. The molecule has 2 aliphatic rings. The summed E-state index contributed by atoms with van der Waals surface area (Å²) in [6.45, 7) is 2.68. The van der Waals surface area contributed by atoms with E-state index in [2.05, 4.69) is 13.0 Å². The van der Waals surface area contributed by atoms with Crippen LogP contribution in [0, 0.1) is 23.7 Å². The van der Waals surface area contributed by atoms with Gasteiger partial charge < -0.3 is 19.7 Å². The summed E-state index contributed by atoms with van der Waals surface area (Å²) >= 11 is 0. The molecule has 2 N–H and O–H groups in total. The Morgan fingerprint density at radius 3 is 2.77 bits per heavy atom. The van der Waals surface area contributed by atoms with Gasteiger partial charge in [-0.05, 0) is 62.0 Å². The molecule has 0 spiro atoms. The predicted molar refractivity (Wildman–Crippen MR) is 121 cm³/mol. The first-order valence-electron chi connectivity index (χ1n) is 11.9. The molecule has 0 saturated heterocycles. The molecule has 3 rings (SSSR count). The standard InChI is InChI=1S/C26H38O5/c1-2-3-5-8-21(27)11-12-23-24-16-19(15-20(24)17-25(23)28)13-14-30-18-26(29)31-22-9-6-4-7-10-22/h4,6-7,9-12,19-21,23-25,27-28H,2-3,5,8,13-18H2,1H3/t19?,20-,21?,23-,24+,25-/m0/s1. The first-order valence-corrected chi connectivity index (χ1v) is 11.9. The Morgan fingerprint density at radius 1 is 1.19 bits per heavy atom. The summed E-state index contributed by atoms with van der Waals surface area (Å²) in [4.78, 5) is 11.9. The van der Waals surface area contributed by atoms with E-state index in [0.717, 1.165) is 51.4 Å². The van der Waals surface area contributed by atoms with E-state index < -0.39 is 6.10 Å². The summed E-state index contributed by atoms with van der Waals surface area (Å²) < 4.78 is 10.8. The van der Waals surface area contributed by atoms with Crippen molar-refractivity contribution >= 4 is 5.97 Å². The van der Waals surface area contributed by atoms with E-state index in [1.54, 1.807) is 12.1 Å². The first kappa shape index (κ1) is 24.0. The molecular formula is C26H38O5. The molecule has 2 unspecified atom stereocenters. The Morgan fingerprint density at radius 2 is 2.00 bits per heavy atom. The molecule has 1 aromatic carbocycles. The molecule has 5 nitrogen and oxygen atoms in total. The molecule has 6 atom stereocenters. The van der Waals surface area contributed by atoms with Gasteiger partial charge in [-0.2, -0.15) is 0 Å². The fraction of sp³-hybridized carbons (Fsp3) is 0.654. The monoisotopic (exact) mass is 430 g/mol. The third-order valence-electron chi connectivity index (χ3n) is 6.85. The highest BCUT2D eigenvalue weighted by Gasteiger charge is 2.46. The normalized spacial score (nSPS) is 28.7. The number of para-hydroxylation sites is 1. The molecule has 0 aromatic heterocycles. The zero-order valence-electron chi connectivity index (χ0n) is 18.7. The fourth-order valence-corrected chi connectivity index (χ4v) is 5.29. The van der Waals surface area contributed by atoms with Crippen LogP contribution in [0.15, 0.2) is 42.5 Å². The topological polar surface area (TPSA) is 76.0 Å². The lowest BCUT2D eigenvalue weighted by atomic mass is 9.89. The van der Waals surface area contributed by atoms with Crippen LogP contribution in [0.25, 0.3) is 0 Å². The van der Waals surface area contributed by atoms with Crippen LogP contribution in [0.2, 0.25) is 0 Å². The Bertz CT molecular complexity index is 688. The molecule has 0 heterocycles. The van der Waals surface area contributed by atoms with Gasteiger partial charge in [0.05, 0.1) is 12.2 Å². The number of unbranched alkanes of at least 4 members (excludes halogenated alkanes) is 2. The zero-order chi connectivity index (χ0) is 22.1. The van der Waals surface area contributed by atoms with Crippen molar-refractivity contribution in [1.29, 1.82) is 0 Å². The van der Waals surface area contributed by atoms with Crippen molar-refractivity contribution in [2.24, 2.45) is 23.7 Å². The third kappa shape index (κ3) is 7.44. The summed E-state index contributed by atoms with van der Waals surface area (Å²) in [6, 6.07) is 9.03. The van der Waals surface area contributed by atoms with Crippen LogP contribution < -0.4 is 4.74 Å². The van der Waals surface area contributed by atoms with E-state index in [1.165, 1.54) is 0 Å². The number of hydrogen-bond donors (Lipinski definition) is 2. The summed E-state index contributed by atoms with van der Waals surface area (Å²) in [5, 5.41) is 20.7. The number of carbonyl (C=O) groups excluding carboxylic acids is 1. The highest BCUT2D eigenvalue weighted by atomic mass is 16.6. The molecular weight excluding hydrogens is 392 g/mol. The second-order valence-electron chi connectivity index (χ2n) is 9.22. The van der Waals surface area contributed by atoms with Crippen molar-refractivity contribution in [2.75, 3.05) is 13.2 Å². The molecule has 2 saturated carbocycles. The maximum Gasteiger partial charge on any atom is 0.337 e. The Kier molecular flexibility index (Phi) is 9.56. The van der Waals surface area contributed by atoms with E-state index in [1.807, 2.05) is 24.3 Å². The SMILES string of the molecule is CCCCCC(O)C=C[C@H]1[C@@H]2CC(CCOCC(=O)Oc3ccccc3)C[C@H]2C[C@@H]1O. The van der Waals surface area contributed by atoms with Crippen LogP contribution >= 0.6 is 0 Å².